The molecule has 130 valence electrons. The predicted molar refractivity (Wildman–Crippen MR) is 96.7 cm³/mol. The van der Waals surface area contributed by atoms with Crippen LogP contribution in [0, 0.1) is 0 Å². The van der Waals surface area contributed by atoms with Crippen LogP contribution < -0.4 is 10.9 Å². The molecule has 0 aromatic heterocycles. The number of hydrogen-bond donors (Lipinski definition) is 2. The Hall–Kier alpha value is -0.830. The maximum Gasteiger partial charge on any atom is 0.234 e. The normalized spacial score (nSPS) is 11.2. The first-order chi connectivity index (χ1) is 10.8. The number of nitrogens with one attached hydrogen (secondary N) is 2. The van der Waals surface area contributed by atoms with Crippen molar-refractivity contribution in [3.8, 4) is 0 Å². The summed E-state index contributed by atoms with van der Waals surface area (Å²) in [5, 5.41) is 0. The Labute approximate surface area is 138 Å². The molecule has 0 saturated carbocycles. The Bertz CT molecular complexity index is 264. The molecular formula is C19H38N2O. The minimum absolute atomic E-state index is 0.0973. The number of carbonyl (C=O) groups excluding carboxylic acids is 1. The van der Waals surface area contributed by atoms with Crippen LogP contribution in [0.25, 0.3) is 0 Å². The Balaban J connectivity index is 3.12. The number of rotatable bonds is 16. The van der Waals surface area contributed by atoms with Gasteiger partial charge in [0.15, 0.2) is 0 Å². The molecule has 0 aromatic carbocycles. The summed E-state index contributed by atoms with van der Waals surface area (Å²) < 4.78 is 0. The van der Waals surface area contributed by atoms with Gasteiger partial charge in [-0.3, -0.25) is 10.2 Å². The number of amides is 1. The minimum atomic E-state index is 0.0973. The SMILES string of the molecule is CCCCCCCC/C=C\CCCCCCCC(=O)NNC. The molecule has 2 N–H and O–H groups in total. The van der Waals surface area contributed by atoms with E-state index in [1.54, 1.807) is 7.05 Å². The highest BCUT2D eigenvalue weighted by atomic mass is 16.2. The van der Waals surface area contributed by atoms with E-state index < -0.39 is 0 Å². The molecule has 0 radical (unpaired) electrons. The summed E-state index contributed by atoms with van der Waals surface area (Å²) in [5.74, 6) is 0.0973. The molecule has 0 aliphatic carbocycles. The summed E-state index contributed by atoms with van der Waals surface area (Å²) in [4.78, 5) is 11.2. The molecule has 0 atom stereocenters. The van der Waals surface area contributed by atoms with Gasteiger partial charge in [0, 0.05) is 13.5 Å². The third kappa shape index (κ3) is 17.2. The third-order valence-electron chi connectivity index (χ3n) is 3.93. The quantitative estimate of drug-likeness (QED) is 0.231. The van der Waals surface area contributed by atoms with Gasteiger partial charge >= 0.3 is 0 Å². The van der Waals surface area contributed by atoms with Crippen LogP contribution in [-0.4, -0.2) is 13.0 Å². The van der Waals surface area contributed by atoms with Crippen LogP contribution in [0.5, 0.6) is 0 Å². The molecule has 0 unspecified atom stereocenters. The Morgan fingerprint density at radius 1 is 0.773 bits per heavy atom. The van der Waals surface area contributed by atoms with Crippen LogP contribution in [0.2, 0.25) is 0 Å². The first-order valence-corrected chi connectivity index (χ1v) is 9.41. The van der Waals surface area contributed by atoms with Gasteiger partial charge in [-0.15, -0.1) is 0 Å². The average Bonchev–Trinajstić information content (AvgIpc) is 2.51. The highest BCUT2D eigenvalue weighted by molar-refractivity contribution is 5.75. The van der Waals surface area contributed by atoms with Crippen LogP contribution >= 0.6 is 0 Å². The summed E-state index contributed by atoms with van der Waals surface area (Å²) >= 11 is 0. The predicted octanol–water partition coefficient (Wildman–Crippen LogP) is 5.27. The van der Waals surface area contributed by atoms with Gasteiger partial charge in [-0.25, -0.2) is 5.43 Å². The van der Waals surface area contributed by atoms with E-state index in [1.807, 2.05) is 0 Å². The van der Waals surface area contributed by atoms with E-state index in [9.17, 15) is 4.79 Å². The fourth-order valence-corrected chi connectivity index (χ4v) is 2.56. The second-order valence-corrected chi connectivity index (χ2v) is 6.13. The van der Waals surface area contributed by atoms with E-state index in [4.69, 9.17) is 0 Å². The number of hydrazine groups is 1. The lowest BCUT2D eigenvalue weighted by Gasteiger charge is -2.02. The molecule has 0 saturated heterocycles. The Morgan fingerprint density at radius 3 is 1.82 bits per heavy atom. The van der Waals surface area contributed by atoms with Gasteiger partial charge in [-0.1, -0.05) is 70.4 Å². The largest absolute Gasteiger partial charge is 0.292 e. The molecule has 0 aliphatic heterocycles. The lowest BCUT2D eigenvalue weighted by molar-refractivity contribution is -0.122. The molecule has 3 heteroatoms. The van der Waals surface area contributed by atoms with Crippen molar-refractivity contribution in [2.45, 2.75) is 96.8 Å². The molecule has 0 aromatic rings. The molecule has 0 aliphatic rings. The Kier molecular flexibility index (Phi) is 17.5. The van der Waals surface area contributed by atoms with Crippen molar-refractivity contribution >= 4 is 5.91 Å². The molecule has 0 bridgehead atoms. The summed E-state index contributed by atoms with van der Waals surface area (Å²) in [6, 6.07) is 0. The van der Waals surface area contributed by atoms with Gasteiger partial charge in [0.05, 0.1) is 0 Å². The topological polar surface area (TPSA) is 41.1 Å². The number of carbonyl (C=O) groups is 1. The highest BCUT2D eigenvalue weighted by Gasteiger charge is 1.98. The lowest BCUT2D eigenvalue weighted by Crippen LogP contribution is -2.33. The maximum absolute atomic E-state index is 11.2. The number of hydrogen-bond acceptors (Lipinski definition) is 2. The molecular weight excluding hydrogens is 272 g/mol. The fourth-order valence-electron chi connectivity index (χ4n) is 2.56. The van der Waals surface area contributed by atoms with Crippen molar-refractivity contribution in [2.75, 3.05) is 7.05 Å². The zero-order chi connectivity index (χ0) is 16.3. The van der Waals surface area contributed by atoms with E-state index in [2.05, 4.69) is 29.9 Å². The van der Waals surface area contributed by atoms with Crippen molar-refractivity contribution in [2.24, 2.45) is 0 Å². The molecule has 22 heavy (non-hydrogen) atoms. The van der Waals surface area contributed by atoms with E-state index in [-0.39, 0.29) is 5.91 Å². The average molecular weight is 311 g/mol. The first kappa shape index (κ1) is 21.2. The number of unbranched alkanes of at least 4 members (excludes halogenated alkanes) is 11. The molecule has 0 spiro atoms. The van der Waals surface area contributed by atoms with E-state index >= 15 is 0 Å². The van der Waals surface area contributed by atoms with Gasteiger partial charge in [0.1, 0.15) is 0 Å². The third-order valence-corrected chi connectivity index (χ3v) is 3.93. The lowest BCUT2D eigenvalue weighted by atomic mass is 10.1. The van der Waals surface area contributed by atoms with E-state index in [0.717, 1.165) is 6.42 Å². The molecule has 0 fully saturated rings. The second kappa shape index (κ2) is 18.2. The van der Waals surface area contributed by atoms with Crippen molar-refractivity contribution in [3.05, 3.63) is 12.2 Å². The summed E-state index contributed by atoms with van der Waals surface area (Å²) in [6.45, 7) is 2.27. The van der Waals surface area contributed by atoms with Crippen molar-refractivity contribution < 1.29 is 4.79 Å². The van der Waals surface area contributed by atoms with E-state index in [1.165, 1.54) is 77.0 Å². The molecule has 1 amide bonds. The molecule has 3 nitrogen and oxygen atoms in total. The van der Waals surface area contributed by atoms with Gasteiger partial charge in [-0.2, -0.15) is 0 Å². The van der Waals surface area contributed by atoms with E-state index in [0.29, 0.717) is 6.42 Å². The van der Waals surface area contributed by atoms with Crippen LogP contribution in [0.15, 0.2) is 12.2 Å². The molecule has 0 rings (SSSR count). The smallest absolute Gasteiger partial charge is 0.234 e. The van der Waals surface area contributed by atoms with Crippen LogP contribution in [0.4, 0.5) is 0 Å². The zero-order valence-corrected chi connectivity index (χ0v) is 15.0. The summed E-state index contributed by atoms with van der Waals surface area (Å²) in [6.07, 6.45) is 22.1. The van der Waals surface area contributed by atoms with Crippen LogP contribution in [0.1, 0.15) is 96.8 Å². The summed E-state index contributed by atoms with van der Waals surface area (Å²) in [5.41, 5.74) is 5.26. The maximum atomic E-state index is 11.2. The second-order valence-electron chi connectivity index (χ2n) is 6.13. The summed E-state index contributed by atoms with van der Waals surface area (Å²) in [7, 11) is 1.72. The van der Waals surface area contributed by atoms with Gasteiger partial charge < -0.3 is 0 Å². The minimum Gasteiger partial charge on any atom is -0.292 e. The standard InChI is InChI=1S/C19H38N2O/c1-3-4-5-6-7-8-9-10-11-12-13-14-15-16-17-18-19(22)21-20-2/h10-11,20H,3-9,12-18H2,1-2H3,(H,21,22)/b11-10-. The monoisotopic (exact) mass is 310 g/mol. The van der Waals surface area contributed by atoms with Gasteiger partial charge in [0.25, 0.3) is 0 Å². The number of allylic oxidation sites excluding steroid dienone is 2. The van der Waals surface area contributed by atoms with Crippen LogP contribution in [-0.2, 0) is 4.79 Å². The van der Waals surface area contributed by atoms with Crippen molar-refractivity contribution in [1.29, 1.82) is 0 Å². The fraction of sp³-hybridized carbons (Fsp3) is 0.842. The van der Waals surface area contributed by atoms with Crippen molar-refractivity contribution in [1.82, 2.24) is 10.9 Å². The van der Waals surface area contributed by atoms with Gasteiger partial charge in [-0.05, 0) is 32.1 Å². The highest BCUT2D eigenvalue weighted by Crippen LogP contribution is 2.09. The van der Waals surface area contributed by atoms with Crippen LogP contribution in [0.3, 0.4) is 0 Å². The Morgan fingerprint density at radius 2 is 1.27 bits per heavy atom. The zero-order valence-electron chi connectivity index (χ0n) is 15.0. The molecule has 0 heterocycles. The van der Waals surface area contributed by atoms with Crippen molar-refractivity contribution in [3.63, 3.8) is 0 Å². The van der Waals surface area contributed by atoms with Gasteiger partial charge in [0.2, 0.25) is 5.91 Å². The first-order valence-electron chi connectivity index (χ1n) is 9.41.